The Labute approximate surface area is 78.3 Å². The molecule has 0 saturated carbocycles. The highest BCUT2D eigenvalue weighted by atomic mass is 16.3. The first-order chi connectivity index (χ1) is 6.27. The fourth-order valence-electron chi connectivity index (χ4n) is 1.23. The van der Waals surface area contributed by atoms with Gasteiger partial charge < -0.3 is 10.2 Å². The minimum atomic E-state index is -0.00993. The van der Waals surface area contributed by atoms with E-state index in [1.807, 2.05) is 4.57 Å². The topological polar surface area (TPSA) is 47.2 Å². The summed E-state index contributed by atoms with van der Waals surface area (Å²) < 4.78 is 1.83. The maximum atomic E-state index is 11.0. The second kappa shape index (κ2) is 4.82. The van der Waals surface area contributed by atoms with Crippen molar-refractivity contribution in [1.29, 1.82) is 0 Å². The molecule has 3 heteroatoms. The van der Waals surface area contributed by atoms with Crippen LogP contribution in [0, 0.1) is 0 Å². The molecule has 13 heavy (non-hydrogen) atoms. The molecule has 3 nitrogen and oxygen atoms in total. The van der Waals surface area contributed by atoms with E-state index in [0.717, 1.165) is 25.1 Å². The SMILES string of the molecule is CCCC[n+]1cc([O-])ccc1CO. The third-order valence-electron chi connectivity index (χ3n) is 2.01. The average Bonchev–Trinajstić information content (AvgIpc) is 2.15. The molecular formula is C10H15NO2. The summed E-state index contributed by atoms with van der Waals surface area (Å²) in [7, 11) is 0. The van der Waals surface area contributed by atoms with Gasteiger partial charge in [-0.2, -0.15) is 0 Å². The summed E-state index contributed by atoms with van der Waals surface area (Å²) in [5.74, 6) is -0.00620. The molecule has 1 N–H and O–H groups in total. The lowest BCUT2D eigenvalue weighted by Gasteiger charge is -2.06. The summed E-state index contributed by atoms with van der Waals surface area (Å²) in [6.45, 7) is 2.90. The van der Waals surface area contributed by atoms with E-state index < -0.39 is 0 Å². The fraction of sp³-hybridized carbons (Fsp3) is 0.500. The van der Waals surface area contributed by atoms with Crippen LogP contribution in [-0.4, -0.2) is 5.11 Å². The van der Waals surface area contributed by atoms with Crippen molar-refractivity contribution in [3.63, 3.8) is 0 Å². The molecule has 0 aliphatic heterocycles. The highest BCUT2D eigenvalue weighted by molar-refractivity contribution is 5.11. The summed E-state index contributed by atoms with van der Waals surface area (Å²) in [6, 6.07) is 3.16. The highest BCUT2D eigenvalue weighted by Gasteiger charge is 2.06. The molecule has 0 fully saturated rings. The maximum absolute atomic E-state index is 11.0. The molecule has 1 heterocycles. The van der Waals surface area contributed by atoms with Crippen LogP contribution in [0.2, 0.25) is 0 Å². The standard InChI is InChI=1S/C10H15NO2/c1-2-3-6-11-7-10(13)5-4-9(11)8-12/h4-5,7,12H,2-3,6,8H2,1H3. The van der Waals surface area contributed by atoms with Gasteiger partial charge in [0.25, 0.3) is 0 Å². The molecule has 0 spiro atoms. The molecule has 0 aromatic carbocycles. The van der Waals surface area contributed by atoms with Crippen molar-refractivity contribution in [3.05, 3.63) is 24.0 Å². The number of unbranched alkanes of at least 4 members (excludes halogenated alkanes) is 1. The van der Waals surface area contributed by atoms with Gasteiger partial charge in [0.2, 0.25) is 5.69 Å². The van der Waals surface area contributed by atoms with Crippen LogP contribution < -0.4 is 9.67 Å². The van der Waals surface area contributed by atoms with Crippen LogP contribution in [0.4, 0.5) is 0 Å². The monoisotopic (exact) mass is 181 g/mol. The zero-order valence-electron chi connectivity index (χ0n) is 7.86. The zero-order chi connectivity index (χ0) is 9.68. The van der Waals surface area contributed by atoms with Crippen LogP contribution in [0.5, 0.6) is 5.75 Å². The minimum absolute atomic E-state index is 0.00620. The Morgan fingerprint density at radius 2 is 2.23 bits per heavy atom. The van der Waals surface area contributed by atoms with Gasteiger partial charge >= 0.3 is 0 Å². The Morgan fingerprint density at radius 3 is 2.85 bits per heavy atom. The normalized spacial score (nSPS) is 10.3. The first-order valence-corrected chi connectivity index (χ1v) is 4.58. The molecule has 0 aliphatic rings. The van der Waals surface area contributed by atoms with Gasteiger partial charge in [-0.25, -0.2) is 4.57 Å². The fourth-order valence-corrected chi connectivity index (χ4v) is 1.23. The lowest BCUT2D eigenvalue weighted by Crippen LogP contribution is -2.38. The van der Waals surface area contributed by atoms with Gasteiger partial charge in [0, 0.05) is 12.5 Å². The first kappa shape index (κ1) is 9.99. The van der Waals surface area contributed by atoms with Crippen molar-refractivity contribution in [2.24, 2.45) is 0 Å². The van der Waals surface area contributed by atoms with Gasteiger partial charge in [-0.1, -0.05) is 19.4 Å². The molecule has 0 bridgehead atoms. The third-order valence-corrected chi connectivity index (χ3v) is 2.01. The highest BCUT2D eigenvalue weighted by Crippen LogP contribution is 2.01. The lowest BCUT2D eigenvalue weighted by molar-refractivity contribution is -0.708. The van der Waals surface area contributed by atoms with E-state index in [0.29, 0.717) is 0 Å². The Bertz CT molecular complexity index is 274. The van der Waals surface area contributed by atoms with E-state index in [9.17, 15) is 5.11 Å². The molecule has 1 rings (SSSR count). The van der Waals surface area contributed by atoms with Crippen molar-refractivity contribution < 1.29 is 14.8 Å². The average molecular weight is 181 g/mol. The van der Waals surface area contributed by atoms with Crippen LogP contribution in [0.3, 0.4) is 0 Å². The summed E-state index contributed by atoms with van der Waals surface area (Å²) >= 11 is 0. The maximum Gasteiger partial charge on any atom is 0.206 e. The van der Waals surface area contributed by atoms with Gasteiger partial charge in [0.05, 0.1) is 0 Å². The van der Waals surface area contributed by atoms with Crippen LogP contribution in [0.15, 0.2) is 18.3 Å². The molecule has 1 aromatic heterocycles. The van der Waals surface area contributed by atoms with Crippen molar-refractivity contribution >= 4 is 0 Å². The van der Waals surface area contributed by atoms with Crippen LogP contribution in [0.25, 0.3) is 0 Å². The summed E-state index contributed by atoms with van der Waals surface area (Å²) in [5, 5.41) is 20.0. The Kier molecular flexibility index (Phi) is 3.71. The molecule has 0 amide bonds. The van der Waals surface area contributed by atoms with Crippen molar-refractivity contribution in [3.8, 4) is 5.75 Å². The predicted molar refractivity (Wildman–Crippen MR) is 46.9 cm³/mol. The van der Waals surface area contributed by atoms with Crippen LogP contribution >= 0.6 is 0 Å². The van der Waals surface area contributed by atoms with Gasteiger partial charge in [-0.3, -0.25) is 0 Å². The van der Waals surface area contributed by atoms with Crippen molar-refractivity contribution in [1.82, 2.24) is 0 Å². The van der Waals surface area contributed by atoms with E-state index in [2.05, 4.69) is 6.92 Å². The number of hydrogen-bond donors (Lipinski definition) is 1. The number of pyridine rings is 1. The number of aryl methyl sites for hydroxylation is 1. The van der Waals surface area contributed by atoms with Gasteiger partial charge in [-0.15, -0.1) is 0 Å². The summed E-state index contributed by atoms with van der Waals surface area (Å²) in [5.41, 5.74) is 0.799. The van der Waals surface area contributed by atoms with E-state index in [1.54, 1.807) is 12.3 Å². The number of aromatic nitrogens is 1. The van der Waals surface area contributed by atoms with E-state index >= 15 is 0 Å². The second-order valence-electron chi connectivity index (χ2n) is 3.06. The molecule has 0 saturated heterocycles. The number of hydrogen-bond acceptors (Lipinski definition) is 2. The minimum Gasteiger partial charge on any atom is -0.868 e. The molecule has 1 aromatic rings. The predicted octanol–water partition coefficient (Wildman–Crippen LogP) is 0.340. The second-order valence-corrected chi connectivity index (χ2v) is 3.06. The molecular weight excluding hydrogens is 166 g/mol. The lowest BCUT2D eigenvalue weighted by atomic mass is 10.3. The molecule has 0 aliphatic carbocycles. The van der Waals surface area contributed by atoms with Gasteiger partial charge in [-0.05, 0) is 5.75 Å². The summed E-state index contributed by atoms with van der Waals surface area (Å²) in [4.78, 5) is 0. The van der Waals surface area contributed by atoms with Crippen LogP contribution in [0.1, 0.15) is 25.5 Å². The van der Waals surface area contributed by atoms with E-state index in [4.69, 9.17) is 5.11 Å². The smallest absolute Gasteiger partial charge is 0.206 e. The molecule has 0 radical (unpaired) electrons. The van der Waals surface area contributed by atoms with E-state index in [1.165, 1.54) is 6.07 Å². The van der Waals surface area contributed by atoms with Crippen LogP contribution in [-0.2, 0) is 13.2 Å². The molecule has 0 unspecified atom stereocenters. The van der Waals surface area contributed by atoms with Crippen molar-refractivity contribution in [2.45, 2.75) is 32.9 Å². The Hall–Kier alpha value is -1.09. The largest absolute Gasteiger partial charge is 0.868 e. The first-order valence-electron chi connectivity index (χ1n) is 4.58. The summed E-state index contributed by atoms with van der Waals surface area (Å²) in [6.07, 6.45) is 3.66. The molecule has 0 atom stereocenters. The number of nitrogens with zero attached hydrogens (tertiary/aromatic N) is 1. The third kappa shape index (κ3) is 2.70. The van der Waals surface area contributed by atoms with Crippen molar-refractivity contribution in [2.75, 3.05) is 0 Å². The number of aliphatic hydroxyl groups excluding tert-OH is 1. The van der Waals surface area contributed by atoms with Gasteiger partial charge in [0.1, 0.15) is 13.2 Å². The zero-order valence-corrected chi connectivity index (χ0v) is 7.86. The van der Waals surface area contributed by atoms with Gasteiger partial charge in [0.15, 0.2) is 6.20 Å². The number of rotatable bonds is 4. The number of aliphatic hydroxyl groups is 1. The quantitative estimate of drug-likeness (QED) is 0.681. The Morgan fingerprint density at radius 1 is 1.46 bits per heavy atom. The molecule has 72 valence electrons. The Balaban J connectivity index is 2.81. The van der Waals surface area contributed by atoms with E-state index in [-0.39, 0.29) is 12.4 Å².